The van der Waals surface area contributed by atoms with E-state index in [1.165, 1.54) is 16.4 Å². The molecule has 2 atom stereocenters. The summed E-state index contributed by atoms with van der Waals surface area (Å²) in [6.45, 7) is 2.97. The molecule has 0 unspecified atom stereocenters. The van der Waals surface area contributed by atoms with Crippen molar-refractivity contribution in [2.45, 2.75) is 25.8 Å². The fourth-order valence-electron chi connectivity index (χ4n) is 3.04. The van der Waals surface area contributed by atoms with Crippen molar-refractivity contribution in [2.75, 3.05) is 31.6 Å². The molecule has 2 heterocycles. The lowest BCUT2D eigenvalue weighted by Gasteiger charge is -2.19. The van der Waals surface area contributed by atoms with E-state index in [2.05, 4.69) is 10.0 Å². The Labute approximate surface area is 173 Å². The zero-order valence-electron chi connectivity index (χ0n) is 15.0. The van der Waals surface area contributed by atoms with E-state index in [9.17, 15) is 17.6 Å². The Balaban J connectivity index is 0.00000182. The van der Waals surface area contributed by atoms with Crippen molar-refractivity contribution in [3.8, 4) is 0 Å². The number of hydrogen-bond donors (Lipinski definition) is 2. The monoisotopic (exact) mass is 439 g/mol. The molecule has 11 heteroatoms. The van der Waals surface area contributed by atoms with E-state index >= 15 is 0 Å². The second-order valence-corrected chi connectivity index (χ2v) is 8.18. The summed E-state index contributed by atoms with van der Waals surface area (Å²) in [4.78, 5) is 12.4. The van der Waals surface area contributed by atoms with Gasteiger partial charge in [-0.15, -0.1) is 0 Å². The summed E-state index contributed by atoms with van der Waals surface area (Å²) in [5.74, 6) is -1.02. The van der Waals surface area contributed by atoms with Crippen LogP contribution in [0.4, 0.5) is 10.1 Å². The van der Waals surface area contributed by atoms with Crippen LogP contribution in [-0.4, -0.2) is 51.0 Å². The Bertz CT molecular complexity index is 757. The number of nitrogens with zero attached hydrogens (tertiary/aromatic N) is 1. The molecule has 3 rings (SSSR count). The molecule has 2 fully saturated rings. The molecule has 0 aliphatic carbocycles. The minimum atomic E-state index is -3.62. The maximum absolute atomic E-state index is 13.3. The number of carbonyl (C=O) groups excluding carboxylic acids is 1. The van der Waals surface area contributed by atoms with Crippen molar-refractivity contribution in [2.24, 2.45) is 5.92 Å². The van der Waals surface area contributed by atoms with Gasteiger partial charge in [0.15, 0.2) is 0 Å². The van der Waals surface area contributed by atoms with Crippen molar-refractivity contribution >= 4 is 48.8 Å². The summed E-state index contributed by atoms with van der Waals surface area (Å²) in [6.07, 6.45) is 1.11. The van der Waals surface area contributed by atoms with Gasteiger partial charge in [-0.25, -0.2) is 4.39 Å². The highest BCUT2D eigenvalue weighted by molar-refractivity contribution is 7.87. The van der Waals surface area contributed by atoms with Gasteiger partial charge in [-0.1, -0.05) is 0 Å². The SMILES string of the molecule is Cc1cc(NC(=O)[C@H]2CCN(S(=O)(=O)N[C@H]3CCOC3)C2)ccc1F.S.S. The number of halogens is 1. The first kappa shape index (κ1) is 24.2. The number of carbonyl (C=O) groups is 1. The van der Waals surface area contributed by atoms with Gasteiger partial charge in [0.1, 0.15) is 5.82 Å². The van der Waals surface area contributed by atoms with Gasteiger partial charge in [0.25, 0.3) is 10.2 Å². The molecule has 27 heavy (non-hydrogen) atoms. The van der Waals surface area contributed by atoms with Gasteiger partial charge in [-0.05, 0) is 43.5 Å². The first-order valence-electron chi connectivity index (χ1n) is 8.27. The standard InChI is InChI=1S/C16H22FN3O4S.2H2S/c1-11-8-13(2-3-15(11)17)18-16(21)12-4-6-20(9-12)25(22,23)19-14-5-7-24-10-14;;/h2-3,8,12,14,19H,4-7,9-10H2,1H3,(H,18,21);2*1H2/t12-,14-;;/m0../s1. The third-order valence-corrected chi connectivity index (χ3v) is 6.18. The van der Waals surface area contributed by atoms with Gasteiger partial charge >= 0.3 is 0 Å². The topological polar surface area (TPSA) is 87.7 Å². The molecule has 0 saturated carbocycles. The molecule has 0 aromatic heterocycles. The highest BCUT2D eigenvalue weighted by Crippen LogP contribution is 2.22. The Kier molecular flexibility index (Phi) is 9.03. The Hall–Kier alpha value is -0.850. The highest BCUT2D eigenvalue weighted by Gasteiger charge is 2.36. The summed E-state index contributed by atoms with van der Waals surface area (Å²) >= 11 is 0. The number of nitrogens with one attached hydrogen (secondary N) is 2. The predicted octanol–water partition coefficient (Wildman–Crippen LogP) is 1.24. The van der Waals surface area contributed by atoms with E-state index in [1.807, 2.05) is 0 Å². The molecule has 1 aromatic carbocycles. The number of hydrogen-bond acceptors (Lipinski definition) is 4. The number of aryl methyl sites for hydroxylation is 1. The molecule has 154 valence electrons. The second-order valence-electron chi connectivity index (χ2n) is 6.48. The van der Waals surface area contributed by atoms with E-state index in [0.717, 1.165) is 0 Å². The lowest BCUT2D eigenvalue weighted by atomic mass is 10.1. The van der Waals surface area contributed by atoms with Gasteiger partial charge in [0.2, 0.25) is 5.91 Å². The molecule has 2 saturated heterocycles. The number of rotatable bonds is 5. The van der Waals surface area contributed by atoms with Gasteiger partial charge < -0.3 is 10.1 Å². The van der Waals surface area contributed by atoms with Crippen molar-refractivity contribution < 1.29 is 22.3 Å². The van der Waals surface area contributed by atoms with E-state index in [-0.39, 0.29) is 51.3 Å². The van der Waals surface area contributed by atoms with Crippen LogP contribution in [0.1, 0.15) is 18.4 Å². The summed E-state index contributed by atoms with van der Waals surface area (Å²) in [6, 6.07) is 4.13. The molecule has 2 N–H and O–H groups in total. The Morgan fingerprint density at radius 2 is 2.04 bits per heavy atom. The predicted molar refractivity (Wildman–Crippen MR) is 111 cm³/mol. The third-order valence-electron chi connectivity index (χ3n) is 4.53. The van der Waals surface area contributed by atoms with E-state index in [0.29, 0.717) is 43.9 Å². The minimum Gasteiger partial charge on any atom is -0.380 e. The maximum atomic E-state index is 13.3. The van der Waals surface area contributed by atoms with Crippen LogP contribution in [0.2, 0.25) is 0 Å². The van der Waals surface area contributed by atoms with Gasteiger partial charge in [-0.3, -0.25) is 4.79 Å². The van der Waals surface area contributed by atoms with Crippen LogP contribution in [-0.2, 0) is 19.7 Å². The van der Waals surface area contributed by atoms with E-state index in [1.54, 1.807) is 13.0 Å². The molecule has 1 amide bonds. The van der Waals surface area contributed by atoms with Crippen LogP contribution in [0.5, 0.6) is 0 Å². The molecule has 2 aliphatic rings. The number of ether oxygens (including phenoxy) is 1. The summed E-state index contributed by atoms with van der Waals surface area (Å²) in [5.41, 5.74) is 0.947. The highest BCUT2D eigenvalue weighted by atomic mass is 32.2. The van der Waals surface area contributed by atoms with Gasteiger partial charge in [0.05, 0.1) is 12.5 Å². The fraction of sp³-hybridized carbons (Fsp3) is 0.562. The van der Waals surface area contributed by atoms with E-state index in [4.69, 9.17) is 4.74 Å². The van der Waals surface area contributed by atoms with Crippen LogP contribution >= 0.6 is 27.0 Å². The Morgan fingerprint density at radius 1 is 1.30 bits per heavy atom. The van der Waals surface area contributed by atoms with Crippen molar-refractivity contribution in [1.29, 1.82) is 0 Å². The van der Waals surface area contributed by atoms with E-state index < -0.39 is 16.1 Å². The van der Waals surface area contributed by atoms with Gasteiger partial charge in [-0.2, -0.15) is 44.4 Å². The second kappa shape index (κ2) is 10.1. The molecule has 0 bridgehead atoms. The van der Waals surface area contributed by atoms with Crippen molar-refractivity contribution in [3.05, 3.63) is 29.6 Å². The molecule has 0 radical (unpaired) electrons. The fourth-order valence-corrected chi connectivity index (χ4v) is 4.52. The largest absolute Gasteiger partial charge is 0.380 e. The molecular formula is C16H26FN3O4S3. The molecule has 0 spiro atoms. The molecular weight excluding hydrogens is 413 g/mol. The normalized spacial score (nSPS) is 22.7. The van der Waals surface area contributed by atoms with Crippen LogP contribution in [0.15, 0.2) is 18.2 Å². The average molecular weight is 440 g/mol. The van der Waals surface area contributed by atoms with Crippen LogP contribution < -0.4 is 10.0 Å². The first-order chi connectivity index (χ1) is 11.8. The summed E-state index contributed by atoms with van der Waals surface area (Å²) in [7, 11) is -3.62. The lowest BCUT2D eigenvalue weighted by molar-refractivity contribution is -0.119. The molecule has 2 aliphatic heterocycles. The number of benzene rings is 1. The van der Waals surface area contributed by atoms with Crippen LogP contribution in [0.25, 0.3) is 0 Å². The molecule has 1 aromatic rings. The van der Waals surface area contributed by atoms with Gasteiger partial charge in [0, 0.05) is 31.4 Å². The van der Waals surface area contributed by atoms with Crippen LogP contribution in [0.3, 0.4) is 0 Å². The third kappa shape index (κ3) is 6.06. The average Bonchev–Trinajstić information content (AvgIpc) is 3.22. The maximum Gasteiger partial charge on any atom is 0.279 e. The Morgan fingerprint density at radius 3 is 2.67 bits per heavy atom. The summed E-state index contributed by atoms with van der Waals surface area (Å²) in [5, 5.41) is 2.73. The molecule has 7 nitrogen and oxygen atoms in total. The zero-order valence-corrected chi connectivity index (χ0v) is 17.8. The minimum absolute atomic E-state index is 0. The van der Waals surface area contributed by atoms with Crippen LogP contribution in [0, 0.1) is 18.7 Å². The smallest absolute Gasteiger partial charge is 0.279 e. The van der Waals surface area contributed by atoms with Crippen molar-refractivity contribution in [1.82, 2.24) is 9.03 Å². The number of amides is 1. The lowest BCUT2D eigenvalue weighted by Crippen LogP contribution is -2.45. The number of anilines is 1. The zero-order chi connectivity index (χ0) is 18.0. The summed E-state index contributed by atoms with van der Waals surface area (Å²) < 4.78 is 47.1. The van der Waals surface area contributed by atoms with Crippen molar-refractivity contribution in [3.63, 3.8) is 0 Å². The quantitative estimate of drug-likeness (QED) is 0.723. The first-order valence-corrected chi connectivity index (χ1v) is 9.71.